The highest BCUT2D eigenvalue weighted by Crippen LogP contribution is 2.44. The van der Waals surface area contributed by atoms with Crippen molar-refractivity contribution in [3.8, 4) is 17.2 Å². The topological polar surface area (TPSA) is 100 Å². The lowest BCUT2D eigenvalue weighted by Gasteiger charge is -2.33. The van der Waals surface area contributed by atoms with Crippen molar-refractivity contribution in [2.24, 2.45) is 0 Å². The minimum atomic E-state index is -4.66. The third-order valence-corrected chi connectivity index (χ3v) is 7.42. The highest BCUT2D eigenvalue weighted by atomic mass is 32.1. The van der Waals surface area contributed by atoms with E-state index in [9.17, 15) is 28.0 Å². The molecule has 0 saturated carbocycles. The molecular formula is C29H30F3N5O3S. The minimum absolute atomic E-state index is 0.0381. The number of carbonyl (C=O) groups is 2. The van der Waals surface area contributed by atoms with E-state index in [1.165, 1.54) is 34.4 Å². The summed E-state index contributed by atoms with van der Waals surface area (Å²) >= 11 is 1.26. The maximum absolute atomic E-state index is 14.0. The number of aromatic nitrogens is 2. The van der Waals surface area contributed by atoms with E-state index in [1.54, 1.807) is 62.9 Å². The molecule has 0 spiro atoms. The number of halogens is 3. The van der Waals surface area contributed by atoms with Crippen LogP contribution in [-0.4, -0.2) is 45.4 Å². The molecule has 216 valence electrons. The first kappa shape index (κ1) is 29.9. The van der Waals surface area contributed by atoms with Gasteiger partial charge in [-0.05, 0) is 50.5 Å². The molecule has 0 aliphatic carbocycles. The van der Waals surface area contributed by atoms with Crippen molar-refractivity contribution >= 4 is 23.3 Å². The van der Waals surface area contributed by atoms with Gasteiger partial charge in [-0.25, -0.2) is 4.79 Å². The van der Waals surface area contributed by atoms with E-state index in [0.717, 1.165) is 10.4 Å². The van der Waals surface area contributed by atoms with Crippen LogP contribution in [0.3, 0.4) is 0 Å². The van der Waals surface area contributed by atoms with Gasteiger partial charge in [0, 0.05) is 48.3 Å². The Hall–Kier alpha value is -4.11. The minimum Gasteiger partial charge on any atom is -0.444 e. The Morgan fingerprint density at radius 2 is 1.95 bits per heavy atom. The summed E-state index contributed by atoms with van der Waals surface area (Å²) in [7, 11) is 0. The number of amides is 2. The molecule has 2 aromatic heterocycles. The van der Waals surface area contributed by atoms with Crippen molar-refractivity contribution in [2.75, 3.05) is 13.1 Å². The molecule has 4 rings (SSSR count). The molecule has 1 unspecified atom stereocenters. The van der Waals surface area contributed by atoms with Crippen molar-refractivity contribution in [1.29, 1.82) is 5.26 Å². The van der Waals surface area contributed by atoms with Gasteiger partial charge in [0.15, 0.2) is 5.69 Å². The van der Waals surface area contributed by atoms with Crippen LogP contribution >= 0.6 is 11.3 Å². The Morgan fingerprint density at radius 1 is 1.22 bits per heavy atom. The van der Waals surface area contributed by atoms with Crippen molar-refractivity contribution < 1.29 is 27.5 Å². The molecule has 0 fully saturated rings. The SMILES string of the molecule is CCn1cc(-c2ccccc2C2CN(C(=O)/C=C/CNC(=O)OC(C)(C)C)Cc3sc(C#N)cc32)c(C(F)(F)F)n1. The number of ether oxygens (including phenoxy) is 1. The molecular weight excluding hydrogens is 555 g/mol. The average molecular weight is 586 g/mol. The Kier molecular flexibility index (Phi) is 8.58. The monoisotopic (exact) mass is 585 g/mol. The van der Waals surface area contributed by atoms with E-state index in [0.29, 0.717) is 16.0 Å². The zero-order valence-corrected chi connectivity index (χ0v) is 23.9. The molecule has 12 heteroatoms. The number of hydrogen-bond donors (Lipinski definition) is 1. The van der Waals surface area contributed by atoms with Gasteiger partial charge >= 0.3 is 12.3 Å². The van der Waals surface area contributed by atoms with Gasteiger partial charge in [-0.15, -0.1) is 11.3 Å². The Balaban J connectivity index is 1.66. The summed E-state index contributed by atoms with van der Waals surface area (Å²) in [4.78, 5) is 27.9. The van der Waals surface area contributed by atoms with Crippen LogP contribution in [0.5, 0.6) is 0 Å². The maximum atomic E-state index is 14.0. The predicted molar refractivity (Wildman–Crippen MR) is 148 cm³/mol. The number of alkyl carbamates (subject to hydrolysis) is 1. The first-order chi connectivity index (χ1) is 19.3. The highest BCUT2D eigenvalue weighted by Gasteiger charge is 2.39. The number of nitrogens with zero attached hydrogens (tertiary/aromatic N) is 4. The molecule has 0 saturated heterocycles. The second-order valence-electron chi connectivity index (χ2n) is 10.5. The fourth-order valence-corrected chi connectivity index (χ4v) is 5.70. The van der Waals surface area contributed by atoms with E-state index in [-0.39, 0.29) is 37.6 Å². The largest absolute Gasteiger partial charge is 0.444 e. The number of thiophene rings is 1. The summed E-state index contributed by atoms with van der Waals surface area (Å²) in [6.45, 7) is 7.73. The van der Waals surface area contributed by atoms with Crippen LogP contribution in [0.15, 0.2) is 48.7 Å². The predicted octanol–water partition coefficient (Wildman–Crippen LogP) is 6.08. The van der Waals surface area contributed by atoms with Crippen LogP contribution < -0.4 is 5.32 Å². The van der Waals surface area contributed by atoms with E-state index in [1.807, 2.05) is 0 Å². The third kappa shape index (κ3) is 6.97. The lowest BCUT2D eigenvalue weighted by molar-refractivity contribution is -0.141. The number of aryl methyl sites for hydroxylation is 1. The lowest BCUT2D eigenvalue weighted by atomic mass is 9.83. The molecule has 0 radical (unpaired) electrons. The van der Waals surface area contributed by atoms with E-state index < -0.39 is 29.5 Å². The second kappa shape index (κ2) is 11.8. The first-order valence-corrected chi connectivity index (χ1v) is 13.8. The van der Waals surface area contributed by atoms with Gasteiger partial charge in [0.05, 0.1) is 6.54 Å². The summed E-state index contributed by atoms with van der Waals surface area (Å²) < 4.78 is 48.4. The smallest absolute Gasteiger partial charge is 0.435 e. The number of fused-ring (bicyclic) bond motifs is 1. The Labute approximate surface area is 240 Å². The highest BCUT2D eigenvalue weighted by molar-refractivity contribution is 7.12. The normalized spacial score (nSPS) is 15.5. The van der Waals surface area contributed by atoms with Crippen LogP contribution in [0.1, 0.15) is 60.2 Å². The van der Waals surface area contributed by atoms with E-state index in [4.69, 9.17) is 4.74 Å². The molecule has 1 aromatic carbocycles. The molecule has 3 aromatic rings. The van der Waals surface area contributed by atoms with Crippen molar-refractivity contribution in [1.82, 2.24) is 20.0 Å². The number of hydrogen-bond acceptors (Lipinski definition) is 6. The summed E-state index contributed by atoms with van der Waals surface area (Å²) in [6, 6.07) is 10.7. The molecule has 8 nitrogen and oxygen atoms in total. The standard InChI is InChI=1S/C29H30F3N5O3S/c1-5-37-16-23(26(35-37)29(30,31)32)20-10-7-6-9-19(20)22-15-36(17-24-21(22)13-18(14-33)41-24)25(38)11-8-12-34-27(39)40-28(2,3)4/h6-11,13,16,22H,5,12,15,17H2,1-4H3,(H,34,39)/b11-8+. The van der Waals surface area contributed by atoms with E-state index >= 15 is 0 Å². The number of benzene rings is 1. The van der Waals surface area contributed by atoms with Crippen molar-refractivity contribution in [2.45, 2.75) is 58.5 Å². The summed E-state index contributed by atoms with van der Waals surface area (Å²) in [5.74, 6) is -0.803. The zero-order valence-electron chi connectivity index (χ0n) is 23.1. The van der Waals surface area contributed by atoms with Gasteiger partial charge in [-0.1, -0.05) is 30.3 Å². The molecule has 41 heavy (non-hydrogen) atoms. The second-order valence-corrected chi connectivity index (χ2v) is 11.6. The fourth-order valence-electron chi connectivity index (χ4n) is 4.66. The number of nitriles is 1. The van der Waals surface area contributed by atoms with Gasteiger partial charge in [0.2, 0.25) is 5.91 Å². The van der Waals surface area contributed by atoms with Gasteiger partial charge in [-0.2, -0.15) is 23.5 Å². The zero-order chi connectivity index (χ0) is 29.9. The van der Waals surface area contributed by atoms with E-state index in [2.05, 4.69) is 16.5 Å². The number of alkyl halides is 3. The summed E-state index contributed by atoms with van der Waals surface area (Å²) in [5.41, 5.74) is 0.120. The summed E-state index contributed by atoms with van der Waals surface area (Å²) in [5, 5.41) is 15.9. The molecule has 3 heterocycles. The Morgan fingerprint density at radius 3 is 2.61 bits per heavy atom. The number of rotatable bonds is 6. The van der Waals surface area contributed by atoms with Gasteiger partial charge in [0.1, 0.15) is 16.5 Å². The number of nitrogens with one attached hydrogen (secondary N) is 1. The quantitative estimate of drug-likeness (QED) is 0.354. The van der Waals surface area contributed by atoms with Crippen LogP contribution in [-0.2, 0) is 28.8 Å². The van der Waals surface area contributed by atoms with Gasteiger partial charge in [0.25, 0.3) is 0 Å². The first-order valence-electron chi connectivity index (χ1n) is 13.0. The van der Waals surface area contributed by atoms with Crippen molar-refractivity contribution in [3.05, 3.63) is 75.3 Å². The molecule has 2 amide bonds. The number of carbonyl (C=O) groups excluding carboxylic acids is 2. The lowest BCUT2D eigenvalue weighted by Crippen LogP contribution is -2.37. The van der Waals surface area contributed by atoms with Crippen LogP contribution in [0.4, 0.5) is 18.0 Å². The van der Waals surface area contributed by atoms with Crippen LogP contribution in [0, 0.1) is 11.3 Å². The Bertz CT molecular complexity index is 1510. The summed E-state index contributed by atoms with van der Waals surface area (Å²) in [6.07, 6.45) is -1.02. The van der Waals surface area contributed by atoms with Gasteiger partial charge < -0.3 is 15.0 Å². The molecule has 0 bridgehead atoms. The average Bonchev–Trinajstić information content (AvgIpc) is 3.54. The van der Waals surface area contributed by atoms with Crippen LogP contribution in [0.2, 0.25) is 0 Å². The van der Waals surface area contributed by atoms with Crippen LogP contribution in [0.25, 0.3) is 11.1 Å². The fraction of sp³-hybridized carbons (Fsp3) is 0.379. The molecule has 1 aliphatic rings. The molecule has 1 N–H and O–H groups in total. The molecule has 1 atom stereocenters. The molecule has 1 aliphatic heterocycles. The maximum Gasteiger partial charge on any atom is 0.435 e. The third-order valence-electron chi connectivity index (χ3n) is 6.38. The van der Waals surface area contributed by atoms with Crippen molar-refractivity contribution in [3.63, 3.8) is 0 Å². The van der Waals surface area contributed by atoms with Gasteiger partial charge in [-0.3, -0.25) is 9.48 Å².